The molecule has 1 heterocycles. The van der Waals surface area contributed by atoms with Gasteiger partial charge in [-0.1, -0.05) is 6.07 Å². The Morgan fingerprint density at radius 2 is 2.07 bits per heavy atom. The van der Waals surface area contributed by atoms with Crippen LogP contribution in [0.3, 0.4) is 0 Å². The van der Waals surface area contributed by atoms with E-state index < -0.39 is 9.84 Å². The third kappa shape index (κ3) is 1.91. The lowest BCUT2D eigenvalue weighted by atomic mass is 10.3. The fraction of sp³-hybridized carbons (Fsp3) is 0.222. The first kappa shape index (κ1) is 10.6. The standard InChI is InChI=1S/C9H8BrNO3S/c10-6-2-1-3-7-9(6)15(13,14)5-4-8(12)11-7/h1-3H,4-5H2,(H,11,12). The van der Waals surface area contributed by atoms with E-state index in [1.807, 2.05) is 0 Å². The lowest BCUT2D eigenvalue weighted by Gasteiger charge is -2.07. The van der Waals surface area contributed by atoms with Crippen LogP contribution in [-0.2, 0) is 14.6 Å². The zero-order chi connectivity index (χ0) is 11.1. The highest BCUT2D eigenvalue weighted by molar-refractivity contribution is 9.10. The third-order valence-electron chi connectivity index (χ3n) is 2.15. The van der Waals surface area contributed by atoms with Crippen molar-refractivity contribution in [1.82, 2.24) is 0 Å². The fourth-order valence-corrected chi connectivity index (χ4v) is 4.05. The number of sulfone groups is 1. The molecule has 0 fully saturated rings. The number of hydrogen-bond donors (Lipinski definition) is 1. The summed E-state index contributed by atoms with van der Waals surface area (Å²) in [7, 11) is -3.37. The first-order valence-electron chi connectivity index (χ1n) is 4.32. The van der Waals surface area contributed by atoms with Crippen LogP contribution in [0.2, 0.25) is 0 Å². The number of hydrogen-bond acceptors (Lipinski definition) is 3. The number of nitrogens with one attached hydrogen (secondary N) is 1. The van der Waals surface area contributed by atoms with E-state index in [4.69, 9.17) is 0 Å². The largest absolute Gasteiger partial charge is 0.325 e. The second kappa shape index (κ2) is 3.61. The minimum atomic E-state index is -3.37. The van der Waals surface area contributed by atoms with Gasteiger partial charge in [0.25, 0.3) is 0 Å². The van der Waals surface area contributed by atoms with Crippen LogP contribution in [0.5, 0.6) is 0 Å². The van der Waals surface area contributed by atoms with Gasteiger partial charge < -0.3 is 5.32 Å². The van der Waals surface area contributed by atoms with Crippen LogP contribution in [-0.4, -0.2) is 20.1 Å². The van der Waals surface area contributed by atoms with Crippen LogP contribution < -0.4 is 5.32 Å². The van der Waals surface area contributed by atoms with Crippen LogP contribution in [0, 0.1) is 0 Å². The molecule has 0 aromatic heterocycles. The lowest BCUT2D eigenvalue weighted by Crippen LogP contribution is -2.10. The van der Waals surface area contributed by atoms with Gasteiger partial charge in [0.05, 0.1) is 11.4 Å². The first-order valence-corrected chi connectivity index (χ1v) is 6.76. The lowest BCUT2D eigenvalue weighted by molar-refractivity contribution is -0.115. The Balaban J connectivity index is 2.72. The Hall–Kier alpha value is -0.880. The van der Waals surface area contributed by atoms with Crippen molar-refractivity contribution in [3.63, 3.8) is 0 Å². The van der Waals surface area contributed by atoms with Crippen molar-refractivity contribution in [2.24, 2.45) is 0 Å². The summed E-state index contributed by atoms with van der Waals surface area (Å²) in [6.45, 7) is 0. The molecule has 1 aromatic rings. The Morgan fingerprint density at radius 3 is 2.80 bits per heavy atom. The monoisotopic (exact) mass is 289 g/mol. The summed E-state index contributed by atoms with van der Waals surface area (Å²) in [6.07, 6.45) is 0.00343. The zero-order valence-corrected chi connectivity index (χ0v) is 10.1. The molecule has 6 heteroatoms. The minimum Gasteiger partial charge on any atom is -0.325 e. The molecule has 1 N–H and O–H groups in total. The molecule has 0 bridgehead atoms. The number of fused-ring (bicyclic) bond motifs is 1. The fourth-order valence-electron chi connectivity index (χ4n) is 1.47. The summed E-state index contributed by atoms with van der Waals surface area (Å²) < 4.78 is 24.2. The van der Waals surface area contributed by atoms with E-state index in [1.165, 1.54) is 0 Å². The van der Waals surface area contributed by atoms with Crippen LogP contribution in [0.15, 0.2) is 27.6 Å². The number of carbonyl (C=O) groups excluding carboxylic acids is 1. The molecule has 0 radical (unpaired) electrons. The topological polar surface area (TPSA) is 63.2 Å². The SMILES string of the molecule is O=C1CCS(=O)(=O)c2c(Br)cccc2N1. The van der Waals surface area contributed by atoms with Crippen LogP contribution >= 0.6 is 15.9 Å². The summed E-state index contributed by atoms with van der Waals surface area (Å²) in [6, 6.07) is 4.92. The smallest absolute Gasteiger partial charge is 0.225 e. The molecular weight excluding hydrogens is 282 g/mol. The van der Waals surface area contributed by atoms with E-state index in [0.717, 1.165) is 0 Å². The molecule has 0 saturated carbocycles. The number of halogens is 1. The number of carbonyl (C=O) groups is 1. The average molecular weight is 290 g/mol. The Labute approximate surface area is 95.7 Å². The van der Waals surface area contributed by atoms with Crippen LogP contribution in [0.1, 0.15) is 6.42 Å². The summed E-state index contributed by atoms with van der Waals surface area (Å²) >= 11 is 3.18. The van der Waals surface area contributed by atoms with Crippen molar-refractivity contribution in [3.8, 4) is 0 Å². The number of anilines is 1. The summed E-state index contributed by atoms with van der Waals surface area (Å²) in [4.78, 5) is 11.4. The minimum absolute atomic E-state index is 0.00343. The summed E-state index contributed by atoms with van der Waals surface area (Å²) in [5.41, 5.74) is 0.354. The van der Waals surface area contributed by atoms with Crippen molar-refractivity contribution in [2.75, 3.05) is 11.1 Å². The van der Waals surface area contributed by atoms with Crippen molar-refractivity contribution in [2.45, 2.75) is 11.3 Å². The van der Waals surface area contributed by atoms with E-state index in [-0.39, 0.29) is 23.0 Å². The average Bonchev–Trinajstić information content (AvgIpc) is 2.25. The molecule has 0 saturated heterocycles. The molecule has 80 valence electrons. The maximum absolute atomic E-state index is 11.8. The third-order valence-corrected chi connectivity index (χ3v) is 4.88. The van der Waals surface area contributed by atoms with E-state index in [9.17, 15) is 13.2 Å². The van der Waals surface area contributed by atoms with Crippen molar-refractivity contribution in [3.05, 3.63) is 22.7 Å². The van der Waals surface area contributed by atoms with E-state index in [1.54, 1.807) is 18.2 Å². The molecule has 0 aliphatic carbocycles. The molecule has 1 aliphatic rings. The highest BCUT2D eigenvalue weighted by Gasteiger charge is 2.26. The van der Waals surface area contributed by atoms with Crippen molar-refractivity contribution in [1.29, 1.82) is 0 Å². The van der Waals surface area contributed by atoms with Crippen LogP contribution in [0.25, 0.3) is 0 Å². The number of rotatable bonds is 0. The van der Waals surface area contributed by atoms with Gasteiger partial charge in [-0.05, 0) is 28.1 Å². The number of benzene rings is 1. The van der Waals surface area contributed by atoms with E-state index >= 15 is 0 Å². The summed E-state index contributed by atoms with van der Waals surface area (Å²) in [5.74, 6) is -0.413. The van der Waals surface area contributed by atoms with E-state index in [0.29, 0.717) is 10.2 Å². The highest BCUT2D eigenvalue weighted by atomic mass is 79.9. The predicted octanol–water partition coefficient (Wildman–Crippen LogP) is 1.56. The number of amides is 1. The van der Waals surface area contributed by atoms with Gasteiger partial charge >= 0.3 is 0 Å². The predicted molar refractivity (Wildman–Crippen MR) is 59.4 cm³/mol. The maximum Gasteiger partial charge on any atom is 0.225 e. The van der Waals surface area contributed by atoms with Gasteiger partial charge in [0.2, 0.25) is 5.91 Å². The molecule has 15 heavy (non-hydrogen) atoms. The van der Waals surface area contributed by atoms with Crippen molar-refractivity contribution < 1.29 is 13.2 Å². The molecule has 0 spiro atoms. The molecule has 0 atom stereocenters. The molecule has 2 rings (SSSR count). The zero-order valence-electron chi connectivity index (χ0n) is 7.66. The second-order valence-electron chi connectivity index (χ2n) is 3.23. The Morgan fingerprint density at radius 1 is 1.33 bits per heavy atom. The summed E-state index contributed by atoms with van der Waals surface area (Å²) in [5, 5.41) is 2.57. The van der Waals surface area contributed by atoms with Gasteiger partial charge in [-0.2, -0.15) is 0 Å². The molecule has 1 aliphatic heterocycles. The van der Waals surface area contributed by atoms with Gasteiger partial charge in [-0.25, -0.2) is 8.42 Å². The molecular formula is C9H8BrNO3S. The highest BCUT2D eigenvalue weighted by Crippen LogP contribution is 2.32. The molecule has 4 nitrogen and oxygen atoms in total. The molecule has 1 amide bonds. The van der Waals surface area contributed by atoms with Crippen LogP contribution in [0.4, 0.5) is 5.69 Å². The maximum atomic E-state index is 11.8. The van der Waals surface area contributed by atoms with E-state index in [2.05, 4.69) is 21.2 Å². The van der Waals surface area contributed by atoms with Gasteiger partial charge in [-0.3, -0.25) is 4.79 Å². The quantitative estimate of drug-likeness (QED) is 0.788. The first-order chi connectivity index (χ1) is 7.00. The molecule has 0 unspecified atom stereocenters. The molecule has 1 aromatic carbocycles. The Bertz CT molecular complexity index is 524. The van der Waals surface area contributed by atoms with Crippen molar-refractivity contribution >= 4 is 37.4 Å². The second-order valence-corrected chi connectivity index (χ2v) is 6.13. The normalized spacial score (nSPS) is 18.9. The van der Waals surface area contributed by atoms with Gasteiger partial charge in [0.15, 0.2) is 9.84 Å². The van der Waals surface area contributed by atoms with Gasteiger partial charge in [0, 0.05) is 10.9 Å². The van der Waals surface area contributed by atoms with Gasteiger partial charge in [0.1, 0.15) is 4.90 Å². The van der Waals surface area contributed by atoms with Gasteiger partial charge in [-0.15, -0.1) is 0 Å². The Kier molecular flexibility index (Phi) is 2.56.